The van der Waals surface area contributed by atoms with E-state index in [0.717, 1.165) is 4.48 Å². The van der Waals surface area contributed by atoms with Crippen LogP contribution >= 0.6 is 15.9 Å². The monoisotopic (exact) mass is 247 g/mol. The van der Waals surface area contributed by atoms with Crippen molar-refractivity contribution in [3.63, 3.8) is 0 Å². The minimum atomic E-state index is 0.499. The second-order valence-corrected chi connectivity index (χ2v) is 3.06. The van der Waals surface area contributed by atoms with Gasteiger partial charge in [0, 0.05) is 17.8 Å². The lowest BCUT2D eigenvalue weighted by Gasteiger charge is -2.05. The minimum Gasteiger partial charge on any atom is -0.491 e. The number of allylic oxidation sites excluding steroid dienone is 3. The second-order valence-electron chi connectivity index (χ2n) is 2.14. The summed E-state index contributed by atoms with van der Waals surface area (Å²) in [5, 5.41) is 0. The SMILES string of the molecule is C=C/C(=C\C(Br)=C/N)OCCOC. The molecule has 0 aliphatic heterocycles. The Bertz CT molecular complexity index is 212. The van der Waals surface area contributed by atoms with Gasteiger partial charge in [-0.1, -0.05) is 6.58 Å². The number of hydrogen-bond acceptors (Lipinski definition) is 3. The lowest BCUT2D eigenvalue weighted by molar-refractivity contribution is 0.114. The van der Waals surface area contributed by atoms with Crippen LogP contribution in [0.4, 0.5) is 0 Å². The second kappa shape index (κ2) is 7.89. The molecule has 0 aromatic rings. The van der Waals surface area contributed by atoms with E-state index in [2.05, 4.69) is 22.5 Å². The molecule has 0 unspecified atom stereocenters. The van der Waals surface area contributed by atoms with Crippen LogP contribution in [0.25, 0.3) is 0 Å². The van der Waals surface area contributed by atoms with Gasteiger partial charge < -0.3 is 15.2 Å². The van der Waals surface area contributed by atoms with Crippen molar-refractivity contribution in [2.24, 2.45) is 5.73 Å². The molecule has 0 fully saturated rings. The molecule has 0 bridgehead atoms. The molecule has 13 heavy (non-hydrogen) atoms. The molecule has 0 rings (SSSR count). The zero-order valence-electron chi connectivity index (χ0n) is 7.63. The van der Waals surface area contributed by atoms with Crippen LogP contribution in [0.15, 0.2) is 35.2 Å². The maximum atomic E-state index is 5.30. The average molecular weight is 248 g/mol. The number of methoxy groups -OCH3 is 1. The third-order valence-electron chi connectivity index (χ3n) is 1.20. The molecule has 0 heterocycles. The molecule has 0 aliphatic carbocycles. The van der Waals surface area contributed by atoms with Crippen LogP contribution in [0, 0.1) is 0 Å². The summed E-state index contributed by atoms with van der Waals surface area (Å²) in [7, 11) is 1.62. The van der Waals surface area contributed by atoms with Crippen molar-refractivity contribution in [2.75, 3.05) is 20.3 Å². The van der Waals surface area contributed by atoms with Crippen molar-refractivity contribution in [3.05, 3.63) is 35.2 Å². The first-order valence-corrected chi connectivity index (χ1v) is 4.57. The van der Waals surface area contributed by atoms with Gasteiger partial charge in [-0.3, -0.25) is 0 Å². The quantitative estimate of drug-likeness (QED) is 0.443. The van der Waals surface area contributed by atoms with Gasteiger partial charge in [0.05, 0.1) is 6.61 Å². The highest BCUT2D eigenvalue weighted by Gasteiger charge is 1.93. The predicted octanol–water partition coefficient (Wildman–Crippen LogP) is 1.91. The van der Waals surface area contributed by atoms with E-state index < -0.39 is 0 Å². The fourth-order valence-electron chi connectivity index (χ4n) is 0.586. The summed E-state index contributed by atoms with van der Waals surface area (Å²) in [5.74, 6) is 0.658. The molecular formula is C9H14BrNO2. The Morgan fingerprint density at radius 3 is 2.69 bits per heavy atom. The average Bonchev–Trinajstić information content (AvgIpc) is 2.16. The van der Waals surface area contributed by atoms with E-state index in [1.807, 2.05) is 0 Å². The van der Waals surface area contributed by atoms with Crippen molar-refractivity contribution < 1.29 is 9.47 Å². The number of hydrogen-bond donors (Lipinski definition) is 1. The first-order chi connectivity index (χ1) is 6.24. The molecule has 2 N–H and O–H groups in total. The molecule has 74 valence electrons. The molecule has 0 radical (unpaired) electrons. The van der Waals surface area contributed by atoms with Crippen LogP contribution in [0.5, 0.6) is 0 Å². The van der Waals surface area contributed by atoms with Gasteiger partial charge in [-0.2, -0.15) is 0 Å². The molecule has 0 aliphatic rings. The highest BCUT2D eigenvalue weighted by Crippen LogP contribution is 2.09. The Hall–Kier alpha value is -0.740. The first-order valence-electron chi connectivity index (χ1n) is 3.77. The maximum absolute atomic E-state index is 5.30. The smallest absolute Gasteiger partial charge is 0.120 e. The van der Waals surface area contributed by atoms with Gasteiger partial charge in [0.25, 0.3) is 0 Å². The van der Waals surface area contributed by atoms with Gasteiger partial charge in [-0.05, 0) is 28.1 Å². The molecule has 0 atom stereocenters. The van der Waals surface area contributed by atoms with E-state index in [1.165, 1.54) is 6.20 Å². The molecular weight excluding hydrogens is 234 g/mol. The molecule has 0 aromatic carbocycles. The lowest BCUT2D eigenvalue weighted by Crippen LogP contribution is -2.00. The highest BCUT2D eigenvalue weighted by molar-refractivity contribution is 9.11. The molecule has 0 amide bonds. The van der Waals surface area contributed by atoms with E-state index in [-0.39, 0.29) is 0 Å². The van der Waals surface area contributed by atoms with Crippen molar-refractivity contribution in [3.8, 4) is 0 Å². The lowest BCUT2D eigenvalue weighted by atomic mass is 10.4. The predicted molar refractivity (Wildman–Crippen MR) is 57.3 cm³/mol. The summed E-state index contributed by atoms with van der Waals surface area (Å²) in [6.45, 7) is 4.65. The Morgan fingerprint density at radius 2 is 2.23 bits per heavy atom. The minimum absolute atomic E-state index is 0.499. The van der Waals surface area contributed by atoms with E-state index >= 15 is 0 Å². The third kappa shape index (κ3) is 6.42. The maximum Gasteiger partial charge on any atom is 0.120 e. The number of rotatable bonds is 6. The van der Waals surface area contributed by atoms with Crippen LogP contribution in [-0.4, -0.2) is 20.3 Å². The standard InChI is InChI=1S/C9H14BrNO2/c1-3-9(6-8(10)7-11)13-5-4-12-2/h3,6-7H,1,4-5,11H2,2H3/b8-7+,9-6+. The van der Waals surface area contributed by atoms with Crippen LogP contribution in [0.2, 0.25) is 0 Å². The molecule has 0 saturated heterocycles. The van der Waals surface area contributed by atoms with Crippen molar-refractivity contribution in [1.29, 1.82) is 0 Å². The van der Waals surface area contributed by atoms with Crippen molar-refractivity contribution in [2.45, 2.75) is 0 Å². The van der Waals surface area contributed by atoms with E-state index in [0.29, 0.717) is 19.0 Å². The van der Waals surface area contributed by atoms with Gasteiger partial charge in [0.2, 0.25) is 0 Å². The molecule has 4 heteroatoms. The Morgan fingerprint density at radius 1 is 1.54 bits per heavy atom. The Balaban J connectivity index is 4.02. The summed E-state index contributed by atoms with van der Waals surface area (Å²) in [4.78, 5) is 0. The van der Waals surface area contributed by atoms with Gasteiger partial charge in [0.1, 0.15) is 12.4 Å². The molecule has 0 saturated carbocycles. The molecule has 0 aromatic heterocycles. The van der Waals surface area contributed by atoms with Crippen LogP contribution < -0.4 is 5.73 Å². The first kappa shape index (κ1) is 12.3. The third-order valence-corrected chi connectivity index (χ3v) is 1.69. The van der Waals surface area contributed by atoms with Crippen LogP contribution in [-0.2, 0) is 9.47 Å². The van der Waals surface area contributed by atoms with Crippen LogP contribution in [0.1, 0.15) is 0 Å². The zero-order valence-corrected chi connectivity index (χ0v) is 9.21. The largest absolute Gasteiger partial charge is 0.491 e. The van der Waals surface area contributed by atoms with Gasteiger partial charge in [-0.15, -0.1) is 0 Å². The summed E-state index contributed by atoms with van der Waals surface area (Å²) in [6, 6.07) is 0. The van der Waals surface area contributed by atoms with Gasteiger partial charge >= 0.3 is 0 Å². The topological polar surface area (TPSA) is 44.5 Å². The van der Waals surface area contributed by atoms with Crippen molar-refractivity contribution >= 4 is 15.9 Å². The highest BCUT2D eigenvalue weighted by atomic mass is 79.9. The fraction of sp³-hybridized carbons (Fsp3) is 0.333. The molecule has 3 nitrogen and oxygen atoms in total. The summed E-state index contributed by atoms with van der Waals surface area (Å²) in [6.07, 6.45) is 4.78. The summed E-state index contributed by atoms with van der Waals surface area (Å²) < 4.78 is 10.9. The van der Waals surface area contributed by atoms with Crippen molar-refractivity contribution in [1.82, 2.24) is 0 Å². The number of halogens is 1. The van der Waals surface area contributed by atoms with E-state index in [9.17, 15) is 0 Å². The fourth-order valence-corrected chi connectivity index (χ4v) is 0.812. The van der Waals surface area contributed by atoms with E-state index in [1.54, 1.807) is 19.3 Å². The summed E-state index contributed by atoms with van der Waals surface area (Å²) >= 11 is 3.23. The van der Waals surface area contributed by atoms with Gasteiger partial charge in [0.15, 0.2) is 0 Å². The normalized spacial score (nSPS) is 12.8. The van der Waals surface area contributed by atoms with E-state index in [4.69, 9.17) is 15.2 Å². The zero-order chi connectivity index (χ0) is 10.1. The number of ether oxygens (including phenoxy) is 2. The number of nitrogens with two attached hydrogens (primary N) is 1. The Kier molecular flexibility index (Phi) is 7.44. The Labute approximate surface area is 87.0 Å². The molecule has 0 spiro atoms. The van der Waals surface area contributed by atoms with Gasteiger partial charge in [-0.25, -0.2) is 0 Å². The van der Waals surface area contributed by atoms with Crippen LogP contribution in [0.3, 0.4) is 0 Å². The summed E-state index contributed by atoms with van der Waals surface area (Å²) in [5.41, 5.74) is 5.26.